The van der Waals surface area contributed by atoms with E-state index in [4.69, 9.17) is 10.5 Å². The van der Waals surface area contributed by atoms with Gasteiger partial charge in [0.05, 0.1) is 0 Å². The van der Waals surface area contributed by atoms with Gasteiger partial charge in [0.1, 0.15) is 12.4 Å². The van der Waals surface area contributed by atoms with Crippen LogP contribution < -0.4 is 15.8 Å². The number of hydrogen-bond acceptors (Lipinski definition) is 3. The lowest BCUT2D eigenvalue weighted by molar-refractivity contribution is 0.289. The molecule has 94 valence electrons. The number of rotatable bonds is 5. The third-order valence-corrected chi connectivity index (χ3v) is 3.29. The van der Waals surface area contributed by atoms with Gasteiger partial charge >= 0.3 is 0 Å². The Morgan fingerprint density at radius 2 is 1.82 bits per heavy atom. The van der Waals surface area contributed by atoms with Gasteiger partial charge in [-0.15, -0.1) is 0 Å². The highest BCUT2D eigenvalue weighted by atomic mass is 16.5. The predicted octanol–water partition coefficient (Wildman–Crippen LogP) is 2.57. The van der Waals surface area contributed by atoms with Crippen molar-refractivity contribution in [3.05, 3.63) is 24.3 Å². The predicted molar refractivity (Wildman–Crippen MR) is 71.2 cm³/mol. The lowest BCUT2D eigenvalue weighted by Crippen LogP contribution is -2.34. The Kier molecular flexibility index (Phi) is 4.68. The molecule has 0 amide bonds. The molecule has 1 fully saturated rings. The first-order chi connectivity index (χ1) is 8.34. The Bertz CT molecular complexity index is 317. The van der Waals surface area contributed by atoms with E-state index in [0.29, 0.717) is 6.04 Å². The zero-order valence-electron chi connectivity index (χ0n) is 10.3. The summed E-state index contributed by atoms with van der Waals surface area (Å²) in [6, 6.07) is 8.26. The first-order valence-corrected chi connectivity index (χ1v) is 6.56. The maximum absolute atomic E-state index is 5.63. The topological polar surface area (TPSA) is 47.3 Å². The summed E-state index contributed by atoms with van der Waals surface area (Å²) in [5, 5.41) is 3.55. The smallest absolute Gasteiger partial charge is 0.119 e. The summed E-state index contributed by atoms with van der Waals surface area (Å²) in [5.74, 6) is 0.893. The Labute approximate surface area is 103 Å². The van der Waals surface area contributed by atoms with Gasteiger partial charge in [-0.2, -0.15) is 0 Å². The van der Waals surface area contributed by atoms with E-state index in [0.717, 1.165) is 24.6 Å². The molecule has 0 bridgehead atoms. The summed E-state index contributed by atoms with van der Waals surface area (Å²) < 4.78 is 5.63. The molecule has 0 spiro atoms. The number of nitrogen functional groups attached to an aromatic ring is 1. The molecule has 0 aliphatic heterocycles. The number of hydrogen-bond donors (Lipinski definition) is 2. The number of nitrogens with two attached hydrogens (primary N) is 1. The third kappa shape index (κ3) is 4.27. The van der Waals surface area contributed by atoms with E-state index in [1.165, 1.54) is 32.1 Å². The number of anilines is 1. The van der Waals surface area contributed by atoms with E-state index < -0.39 is 0 Å². The minimum absolute atomic E-state index is 0.707. The summed E-state index contributed by atoms with van der Waals surface area (Å²) in [5.41, 5.74) is 6.39. The molecule has 0 atom stereocenters. The van der Waals surface area contributed by atoms with Crippen molar-refractivity contribution in [2.24, 2.45) is 0 Å². The normalized spacial score (nSPS) is 16.9. The maximum Gasteiger partial charge on any atom is 0.119 e. The molecule has 2 rings (SSSR count). The zero-order valence-corrected chi connectivity index (χ0v) is 10.3. The molecule has 1 aliphatic rings. The molecule has 0 heterocycles. The molecule has 3 heteroatoms. The lowest BCUT2D eigenvalue weighted by Gasteiger charge is -2.22. The highest BCUT2D eigenvalue weighted by Gasteiger charge is 2.11. The van der Waals surface area contributed by atoms with Gasteiger partial charge in [-0.25, -0.2) is 0 Å². The monoisotopic (exact) mass is 234 g/mol. The molecule has 0 radical (unpaired) electrons. The SMILES string of the molecule is Nc1ccc(OCCNC2CCCCC2)cc1. The van der Waals surface area contributed by atoms with Gasteiger partial charge in [0.2, 0.25) is 0 Å². The van der Waals surface area contributed by atoms with Crippen molar-refractivity contribution in [2.75, 3.05) is 18.9 Å². The minimum Gasteiger partial charge on any atom is -0.492 e. The van der Waals surface area contributed by atoms with Gasteiger partial charge in [-0.1, -0.05) is 19.3 Å². The van der Waals surface area contributed by atoms with Gasteiger partial charge in [-0.3, -0.25) is 0 Å². The second-order valence-electron chi connectivity index (χ2n) is 4.71. The molecule has 3 N–H and O–H groups in total. The zero-order chi connectivity index (χ0) is 11.9. The largest absolute Gasteiger partial charge is 0.492 e. The van der Waals surface area contributed by atoms with E-state index in [1.54, 1.807) is 0 Å². The first kappa shape index (κ1) is 12.2. The van der Waals surface area contributed by atoms with Crippen molar-refractivity contribution in [3.8, 4) is 5.75 Å². The summed E-state index contributed by atoms with van der Waals surface area (Å²) in [6.07, 6.45) is 6.79. The summed E-state index contributed by atoms with van der Waals surface area (Å²) in [7, 11) is 0. The summed E-state index contributed by atoms with van der Waals surface area (Å²) in [6.45, 7) is 1.65. The van der Waals surface area contributed by atoms with Crippen molar-refractivity contribution < 1.29 is 4.74 Å². The fraction of sp³-hybridized carbons (Fsp3) is 0.571. The van der Waals surface area contributed by atoms with Crippen LogP contribution >= 0.6 is 0 Å². The summed E-state index contributed by atoms with van der Waals surface area (Å²) in [4.78, 5) is 0. The van der Waals surface area contributed by atoms with Crippen molar-refractivity contribution in [3.63, 3.8) is 0 Å². The van der Waals surface area contributed by atoms with Crippen LogP contribution in [0.2, 0.25) is 0 Å². The Hall–Kier alpha value is -1.22. The molecule has 1 aromatic rings. The van der Waals surface area contributed by atoms with Gasteiger partial charge in [0.15, 0.2) is 0 Å². The standard InChI is InChI=1S/C14H22N2O/c15-12-6-8-14(9-7-12)17-11-10-16-13-4-2-1-3-5-13/h6-9,13,16H,1-5,10-11,15H2. The second kappa shape index (κ2) is 6.50. The van der Waals surface area contributed by atoms with Crippen LogP contribution in [0.1, 0.15) is 32.1 Å². The van der Waals surface area contributed by atoms with Crippen LogP contribution in [-0.2, 0) is 0 Å². The number of nitrogens with one attached hydrogen (secondary N) is 1. The van der Waals surface area contributed by atoms with Crippen LogP contribution in [-0.4, -0.2) is 19.2 Å². The van der Waals surface area contributed by atoms with Gasteiger partial charge < -0.3 is 15.8 Å². The van der Waals surface area contributed by atoms with E-state index in [1.807, 2.05) is 24.3 Å². The van der Waals surface area contributed by atoms with Crippen molar-refractivity contribution >= 4 is 5.69 Å². The average Bonchev–Trinajstić information content (AvgIpc) is 2.38. The molecular weight excluding hydrogens is 212 g/mol. The van der Waals surface area contributed by atoms with Crippen molar-refractivity contribution in [2.45, 2.75) is 38.1 Å². The Balaban J connectivity index is 1.60. The highest BCUT2D eigenvalue weighted by molar-refractivity contribution is 5.41. The minimum atomic E-state index is 0.707. The molecule has 0 unspecified atom stereocenters. The van der Waals surface area contributed by atoms with Crippen molar-refractivity contribution in [1.82, 2.24) is 5.32 Å². The van der Waals surface area contributed by atoms with Gasteiger partial charge in [0.25, 0.3) is 0 Å². The van der Waals surface area contributed by atoms with Crippen LogP contribution in [0, 0.1) is 0 Å². The second-order valence-corrected chi connectivity index (χ2v) is 4.71. The highest BCUT2D eigenvalue weighted by Crippen LogP contribution is 2.17. The average molecular weight is 234 g/mol. The molecule has 1 saturated carbocycles. The molecule has 1 aromatic carbocycles. The first-order valence-electron chi connectivity index (χ1n) is 6.56. The van der Waals surface area contributed by atoms with Crippen LogP contribution in [0.5, 0.6) is 5.75 Å². The molecule has 1 aliphatic carbocycles. The third-order valence-electron chi connectivity index (χ3n) is 3.29. The molecular formula is C14H22N2O. The van der Waals surface area contributed by atoms with E-state index in [9.17, 15) is 0 Å². The van der Waals surface area contributed by atoms with Crippen LogP contribution in [0.4, 0.5) is 5.69 Å². The molecule has 0 saturated heterocycles. The molecule has 0 aromatic heterocycles. The lowest BCUT2D eigenvalue weighted by atomic mass is 9.96. The maximum atomic E-state index is 5.63. The Morgan fingerprint density at radius 3 is 2.53 bits per heavy atom. The summed E-state index contributed by atoms with van der Waals surface area (Å²) >= 11 is 0. The molecule has 3 nitrogen and oxygen atoms in total. The fourth-order valence-corrected chi connectivity index (χ4v) is 2.30. The number of benzene rings is 1. The van der Waals surface area contributed by atoms with E-state index >= 15 is 0 Å². The van der Waals surface area contributed by atoms with E-state index in [-0.39, 0.29) is 0 Å². The van der Waals surface area contributed by atoms with Crippen LogP contribution in [0.3, 0.4) is 0 Å². The van der Waals surface area contributed by atoms with Crippen LogP contribution in [0.25, 0.3) is 0 Å². The van der Waals surface area contributed by atoms with Crippen LogP contribution in [0.15, 0.2) is 24.3 Å². The number of ether oxygens (including phenoxy) is 1. The van der Waals surface area contributed by atoms with Gasteiger partial charge in [-0.05, 0) is 37.1 Å². The van der Waals surface area contributed by atoms with E-state index in [2.05, 4.69) is 5.32 Å². The quantitative estimate of drug-likeness (QED) is 0.608. The van der Waals surface area contributed by atoms with Gasteiger partial charge in [0, 0.05) is 18.3 Å². The Morgan fingerprint density at radius 1 is 1.12 bits per heavy atom. The fourth-order valence-electron chi connectivity index (χ4n) is 2.30. The molecule has 17 heavy (non-hydrogen) atoms. The van der Waals surface area contributed by atoms with Crippen molar-refractivity contribution in [1.29, 1.82) is 0 Å².